The second-order valence-electron chi connectivity index (χ2n) is 5.82. The van der Waals surface area contributed by atoms with Gasteiger partial charge < -0.3 is 4.90 Å². The average molecular weight is 342 g/mol. The molecule has 0 aliphatic carbocycles. The predicted octanol–water partition coefficient (Wildman–Crippen LogP) is 1.56. The van der Waals surface area contributed by atoms with E-state index in [2.05, 4.69) is 9.97 Å². The van der Waals surface area contributed by atoms with Gasteiger partial charge in [-0.2, -0.15) is 0 Å². The number of hydrogen-bond acceptors (Lipinski definition) is 7. The average Bonchev–Trinajstić information content (AvgIpc) is 3.15. The van der Waals surface area contributed by atoms with Gasteiger partial charge in [-0.05, 0) is 31.9 Å². The maximum Gasteiger partial charge on any atom is 0.293 e. The number of nitrogens with zero attached hydrogens (tertiary/aromatic N) is 4. The van der Waals surface area contributed by atoms with Gasteiger partial charge in [-0.1, -0.05) is 0 Å². The molecule has 0 bridgehead atoms. The van der Waals surface area contributed by atoms with Crippen molar-refractivity contribution in [2.45, 2.75) is 19.8 Å². The molecule has 0 unspecified atom stereocenters. The number of nitrogens with two attached hydrogens (primary N) is 1. The van der Waals surface area contributed by atoms with Crippen LogP contribution in [0.2, 0.25) is 0 Å². The van der Waals surface area contributed by atoms with E-state index in [0.717, 1.165) is 25.9 Å². The Labute approximate surface area is 144 Å². The van der Waals surface area contributed by atoms with E-state index in [9.17, 15) is 14.9 Å². The number of nitro benzene ring substituents is 1. The van der Waals surface area contributed by atoms with Gasteiger partial charge in [-0.3, -0.25) is 20.3 Å². The van der Waals surface area contributed by atoms with Gasteiger partial charge in [0.05, 0.1) is 16.2 Å². The first kappa shape index (κ1) is 16.8. The van der Waals surface area contributed by atoms with Crippen LogP contribution in [-0.2, 0) is 0 Å². The highest BCUT2D eigenvalue weighted by atomic mass is 16.6. The van der Waals surface area contributed by atoms with E-state index in [1.165, 1.54) is 12.3 Å². The standard InChI is InChI=1S/C16H18N6O3/c1-10-12(16(23)20-17)9-18-15(19-10)11-4-5-13(14(8-11)22(24)25)21-6-2-3-7-21/h4-5,8-9H,2-3,6-7,17H2,1H3,(H,20,23). The molecule has 0 spiro atoms. The third kappa shape index (κ3) is 3.26. The number of nitrogen functional groups attached to an aromatic ring is 1. The smallest absolute Gasteiger partial charge is 0.293 e. The number of nitrogens with one attached hydrogen (secondary N) is 1. The fourth-order valence-corrected chi connectivity index (χ4v) is 2.94. The summed E-state index contributed by atoms with van der Waals surface area (Å²) in [5, 5.41) is 11.5. The summed E-state index contributed by atoms with van der Waals surface area (Å²) >= 11 is 0. The fourth-order valence-electron chi connectivity index (χ4n) is 2.94. The van der Waals surface area contributed by atoms with Gasteiger partial charge in [-0.25, -0.2) is 15.8 Å². The van der Waals surface area contributed by atoms with Crippen LogP contribution in [0.1, 0.15) is 28.9 Å². The maximum absolute atomic E-state index is 11.6. The Hall–Kier alpha value is -3.07. The minimum Gasteiger partial charge on any atom is -0.366 e. The lowest BCUT2D eigenvalue weighted by Gasteiger charge is -2.17. The first-order chi connectivity index (χ1) is 12.0. The lowest BCUT2D eigenvalue weighted by Crippen LogP contribution is -2.31. The molecule has 1 amide bonds. The van der Waals surface area contributed by atoms with Crippen LogP contribution < -0.4 is 16.2 Å². The van der Waals surface area contributed by atoms with Gasteiger partial charge >= 0.3 is 0 Å². The van der Waals surface area contributed by atoms with Crippen LogP contribution >= 0.6 is 0 Å². The minimum atomic E-state index is -0.487. The Kier molecular flexibility index (Phi) is 4.57. The van der Waals surface area contributed by atoms with Crippen molar-refractivity contribution in [3.05, 3.63) is 45.8 Å². The predicted molar refractivity (Wildman–Crippen MR) is 92.0 cm³/mol. The molecule has 0 saturated carbocycles. The van der Waals surface area contributed by atoms with E-state index >= 15 is 0 Å². The lowest BCUT2D eigenvalue weighted by atomic mass is 10.1. The lowest BCUT2D eigenvalue weighted by molar-refractivity contribution is -0.384. The highest BCUT2D eigenvalue weighted by Crippen LogP contribution is 2.34. The first-order valence-electron chi connectivity index (χ1n) is 7.89. The molecule has 3 N–H and O–H groups in total. The maximum atomic E-state index is 11.6. The van der Waals surface area contributed by atoms with Crippen LogP contribution in [0.5, 0.6) is 0 Å². The number of aryl methyl sites for hydroxylation is 1. The summed E-state index contributed by atoms with van der Waals surface area (Å²) in [7, 11) is 0. The Morgan fingerprint density at radius 1 is 1.36 bits per heavy atom. The molecule has 3 rings (SSSR count). The third-order valence-corrected chi connectivity index (χ3v) is 4.23. The number of hydrogen-bond donors (Lipinski definition) is 2. The number of nitro groups is 1. The van der Waals surface area contributed by atoms with Crippen LogP contribution in [0.3, 0.4) is 0 Å². The molecule has 25 heavy (non-hydrogen) atoms. The monoisotopic (exact) mass is 342 g/mol. The van der Waals surface area contributed by atoms with E-state index in [1.54, 1.807) is 19.1 Å². The summed E-state index contributed by atoms with van der Waals surface area (Å²) in [6.07, 6.45) is 3.43. The number of rotatable bonds is 4. The van der Waals surface area contributed by atoms with E-state index in [4.69, 9.17) is 5.84 Å². The van der Waals surface area contributed by atoms with Crippen molar-refractivity contribution in [2.75, 3.05) is 18.0 Å². The summed E-state index contributed by atoms with van der Waals surface area (Å²) in [5.41, 5.74) is 3.90. The molecule has 1 fully saturated rings. The molecule has 9 heteroatoms. The summed E-state index contributed by atoms with van der Waals surface area (Å²) < 4.78 is 0. The molecule has 1 aliphatic rings. The number of aromatic nitrogens is 2. The van der Waals surface area contributed by atoms with Crippen molar-refractivity contribution in [1.29, 1.82) is 0 Å². The molecule has 0 atom stereocenters. The van der Waals surface area contributed by atoms with Crippen molar-refractivity contribution < 1.29 is 9.72 Å². The van der Waals surface area contributed by atoms with Crippen molar-refractivity contribution in [2.24, 2.45) is 5.84 Å². The number of carbonyl (C=O) groups excluding carboxylic acids is 1. The Bertz CT molecular complexity index is 833. The SMILES string of the molecule is Cc1nc(-c2ccc(N3CCCC3)c([N+](=O)[O-])c2)ncc1C(=O)NN. The van der Waals surface area contributed by atoms with E-state index in [0.29, 0.717) is 22.8 Å². The minimum absolute atomic E-state index is 0.0319. The van der Waals surface area contributed by atoms with Gasteiger partial charge in [0.2, 0.25) is 0 Å². The molecule has 1 aliphatic heterocycles. The van der Waals surface area contributed by atoms with Gasteiger partial charge in [0.25, 0.3) is 11.6 Å². The Balaban J connectivity index is 2.00. The molecular formula is C16H18N6O3. The molecule has 130 valence electrons. The van der Waals surface area contributed by atoms with Gasteiger partial charge in [-0.15, -0.1) is 0 Å². The van der Waals surface area contributed by atoms with Crippen LogP contribution in [0.15, 0.2) is 24.4 Å². The molecule has 0 radical (unpaired) electrons. The zero-order chi connectivity index (χ0) is 18.0. The van der Waals surface area contributed by atoms with Crippen molar-refractivity contribution in [1.82, 2.24) is 15.4 Å². The fraction of sp³-hybridized carbons (Fsp3) is 0.312. The quantitative estimate of drug-likeness (QED) is 0.373. The molecule has 1 saturated heterocycles. The summed E-state index contributed by atoms with van der Waals surface area (Å²) in [6.45, 7) is 3.29. The number of anilines is 1. The van der Waals surface area contributed by atoms with Crippen molar-refractivity contribution in [3.8, 4) is 11.4 Å². The van der Waals surface area contributed by atoms with Gasteiger partial charge in [0.15, 0.2) is 5.82 Å². The molecule has 2 aromatic rings. The second kappa shape index (κ2) is 6.81. The molecule has 1 aromatic heterocycles. The third-order valence-electron chi connectivity index (χ3n) is 4.23. The van der Waals surface area contributed by atoms with Crippen LogP contribution in [0, 0.1) is 17.0 Å². The van der Waals surface area contributed by atoms with E-state index < -0.39 is 5.91 Å². The zero-order valence-electron chi connectivity index (χ0n) is 13.7. The molecule has 9 nitrogen and oxygen atoms in total. The van der Waals surface area contributed by atoms with Crippen LogP contribution in [0.25, 0.3) is 11.4 Å². The van der Waals surface area contributed by atoms with Crippen LogP contribution in [0.4, 0.5) is 11.4 Å². The molecule has 1 aromatic carbocycles. The second-order valence-corrected chi connectivity index (χ2v) is 5.82. The Morgan fingerprint density at radius 2 is 2.08 bits per heavy atom. The first-order valence-corrected chi connectivity index (χ1v) is 7.89. The molecular weight excluding hydrogens is 324 g/mol. The largest absolute Gasteiger partial charge is 0.366 e. The van der Waals surface area contributed by atoms with E-state index in [1.807, 2.05) is 10.3 Å². The summed E-state index contributed by atoms with van der Waals surface area (Å²) in [4.78, 5) is 33.1. The highest BCUT2D eigenvalue weighted by Gasteiger charge is 2.23. The molecule has 2 heterocycles. The van der Waals surface area contributed by atoms with E-state index in [-0.39, 0.29) is 16.2 Å². The number of benzene rings is 1. The highest BCUT2D eigenvalue weighted by molar-refractivity contribution is 5.94. The number of carbonyl (C=O) groups is 1. The van der Waals surface area contributed by atoms with Crippen molar-refractivity contribution >= 4 is 17.3 Å². The van der Waals surface area contributed by atoms with Gasteiger partial charge in [0, 0.05) is 30.9 Å². The van der Waals surface area contributed by atoms with Gasteiger partial charge in [0.1, 0.15) is 5.69 Å². The zero-order valence-corrected chi connectivity index (χ0v) is 13.7. The van der Waals surface area contributed by atoms with Crippen molar-refractivity contribution in [3.63, 3.8) is 0 Å². The number of amides is 1. The topological polar surface area (TPSA) is 127 Å². The normalized spacial score (nSPS) is 13.8. The number of hydrazine groups is 1. The Morgan fingerprint density at radius 3 is 2.68 bits per heavy atom. The van der Waals surface area contributed by atoms with Crippen LogP contribution in [-0.4, -0.2) is 33.9 Å². The summed E-state index contributed by atoms with van der Waals surface area (Å²) in [6, 6.07) is 4.97. The summed E-state index contributed by atoms with van der Waals surface area (Å²) in [5.74, 6) is 4.95.